The zero-order valence-electron chi connectivity index (χ0n) is 29.5. The van der Waals surface area contributed by atoms with Gasteiger partial charge in [0.2, 0.25) is 5.91 Å². The van der Waals surface area contributed by atoms with E-state index in [-0.39, 0.29) is 36.8 Å². The van der Waals surface area contributed by atoms with E-state index >= 15 is 0 Å². The quantitative estimate of drug-likeness (QED) is 0.0963. The van der Waals surface area contributed by atoms with E-state index in [1.165, 1.54) is 14.0 Å². The monoisotopic (exact) mass is 829 g/mol. The number of carbonyl (C=O) groups is 3. The summed E-state index contributed by atoms with van der Waals surface area (Å²) in [5, 5.41) is 6.92. The summed E-state index contributed by atoms with van der Waals surface area (Å²) in [6.07, 6.45) is 7.15. The van der Waals surface area contributed by atoms with Gasteiger partial charge in [0.05, 0.1) is 39.6 Å². The van der Waals surface area contributed by atoms with Crippen LogP contribution in [0.15, 0.2) is 71.9 Å². The second kappa shape index (κ2) is 15.1. The summed E-state index contributed by atoms with van der Waals surface area (Å²) in [5.41, 5.74) is 6.12. The third kappa shape index (κ3) is 7.18. The molecule has 2 N–H and O–H groups in total. The van der Waals surface area contributed by atoms with Gasteiger partial charge in [0, 0.05) is 54.4 Å². The third-order valence-electron chi connectivity index (χ3n) is 9.63. The van der Waals surface area contributed by atoms with E-state index < -0.39 is 0 Å². The molecule has 0 radical (unpaired) electrons. The number of nitrogens with one attached hydrogen (secondary N) is 2. The molecule has 268 valence electrons. The average Bonchev–Trinajstić information content (AvgIpc) is 3.79. The van der Waals surface area contributed by atoms with Crippen molar-refractivity contribution in [1.82, 2.24) is 4.57 Å². The highest BCUT2D eigenvalue weighted by Crippen LogP contribution is 2.43. The van der Waals surface area contributed by atoms with Crippen molar-refractivity contribution in [1.29, 1.82) is 0 Å². The normalized spacial score (nSPS) is 15.1. The minimum atomic E-state index is -0.266. The molecule has 5 aromatic rings. The Morgan fingerprint density at radius 1 is 1.08 bits per heavy atom. The molecule has 52 heavy (non-hydrogen) atoms. The number of hydrogen-bond donors (Lipinski definition) is 2. The number of aliphatic imine (C=N–C) groups is 1. The Balaban J connectivity index is 0.955. The number of nitrogens with zero attached hydrogens (tertiary/aromatic N) is 3. The Morgan fingerprint density at radius 2 is 1.92 bits per heavy atom. The zero-order valence-corrected chi connectivity index (χ0v) is 32.5. The molecule has 0 saturated heterocycles. The Morgan fingerprint density at radius 3 is 2.73 bits per heavy atom. The molecule has 4 heterocycles. The number of thiophene rings is 1. The van der Waals surface area contributed by atoms with Crippen LogP contribution in [0, 0.1) is 2.88 Å². The second-order valence-corrected chi connectivity index (χ2v) is 16.2. The number of halogens is 1. The minimum Gasteiger partial charge on any atom is -0.493 e. The van der Waals surface area contributed by atoms with Gasteiger partial charge in [0.25, 0.3) is 11.8 Å². The van der Waals surface area contributed by atoms with Crippen LogP contribution in [-0.4, -0.2) is 48.3 Å². The van der Waals surface area contributed by atoms with Gasteiger partial charge in [0.1, 0.15) is 5.69 Å². The molecule has 2 aliphatic rings. The van der Waals surface area contributed by atoms with Crippen molar-refractivity contribution in [3.8, 4) is 11.5 Å². The van der Waals surface area contributed by atoms with Gasteiger partial charge in [-0.1, -0.05) is 32.4 Å². The van der Waals surface area contributed by atoms with Crippen molar-refractivity contribution in [2.45, 2.75) is 57.9 Å². The Bertz CT molecular complexity index is 2230. The maximum atomic E-state index is 14.0. The second-order valence-electron chi connectivity index (χ2n) is 13.3. The van der Waals surface area contributed by atoms with E-state index in [9.17, 15) is 14.4 Å². The van der Waals surface area contributed by atoms with Crippen molar-refractivity contribution < 1.29 is 23.9 Å². The Kier molecular flexibility index (Phi) is 10.4. The molecular formula is C40H40IN5O5S. The maximum absolute atomic E-state index is 14.0. The van der Waals surface area contributed by atoms with E-state index in [4.69, 9.17) is 14.5 Å². The molecule has 0 fully saturated rings. The van der Waals surface area contributed by atoms with Crippen molar-refractivity contribution >= 4 is 90.7 Å². The van der Waals surface area contributed by atoms with Crippen LogP contribution in [0.25, 0.3) is 10.1 Å². The first kappa shape index (κ1) is 35.7. The van der Waals surface area contributed by atoms with Crippen LogP contribution in [-0.2, 0) is 18.3 Å². The molecule has 0 spiro atoms. The number of anilines is 3. The largest absolute Gasteiger partial charge is 0.493 e. The summed E-state index contributed by atoms with van der Waals surface area (Å²) in [6.45, 7) is 4.70. The van der Waals surface area contributed by atoms with Crippen molar-refractivity contribution in [3.05, 3.63) is 92.1 Å². The van der Waals surface area contributed by atoms with Crippen LogP contribution < -0.4 is 25.0 Å². The summed E-state index contributed by atoms with van der Waals surface area (Å²) in [5.74, 6) is 0.718. The highest BCUT2D eigenvalue weighted by atomic mass is 127. The lowest BCUT2D eigenvalue weighted by molar-refractivity contribution is -0.116. The van der Waals surface area contributed by atoms with Gasteiger partial charge in [-0.25, -0.2) is 0 Å². The van der Waals surface area contributed by atoms with Crippen LogP contribution in [0.1, 0.15) is 77.4 Å². The van der Waals surface area contributed by atoms with E-state index in [1.54, 1.807) is 54.5 Å². The zero-order chi connectivity index (χ0) is 36.5. The number of fused-ring (bicyclic) bond motifs is 5. The number of carbonyl (C=O) groups excluding carboxylic acids is 3. The molecule has 2 atom stereocenters. The highest BCUT2D eigenvalue weighted by molar-refractivity contribution is 14.1. The predicted molar refractivity (Wildman–Crippen MR) is 216 cm³/mol. The first-order chi connectivity index (χ1) is 25.1. The predicted octanol–water partition coefficient (Wildman–Crippen LogP) is 9.09. The molecule has 3 aromatic carbocycles. The van der Waals surface area contributed by atoms with Gasteiger partial charge in [-0.15, -0.1) is 11.3 Å². The summed E-state index contributed by atoms with van der Waals surface area (Å²) in [4.78, 5) is 46.5. The molecule has 10 nitrogen and oxygen atoms in total. The van der Waals surface area contributed by atoms with Crippen molar-refractivity contribution in [2.24, 2.45) is 12.0 Å². The van der Waals surface area contributed by atoms with Crippen LogP contribution in [0.4, 0.5) is 22.7 Å². The number of ether oxygens (including phenoxy) is 2. The smallest absolute Gasteiger partial charge is 0.272 e. The first-order valence-corrected chi connectivity index (χ1v) is 19.3. The molecule has 12 heteroatoms. The Labute approximate surface area is 320 Å². The van der Waals surface area contributed by atoms with Gasteiger partial charge < -0.3 is 24.7 Å². The fraction of sp³-hybridized carbons (Fsp3) is 0.300. The van der Waals surface area contributed by atoms with Crippen molar-refractivity contribution in [2.75, 3.05) is 29.3 Å². The molecule has 0 bridgehead atoms. The van der Waals surface area contributed by atoms with Crippen LogP contribution >= 0.6 is 33.9 Å². The number of rotatable bonds is 12. The lowest BCUT2D eigenvalue weighted by Gasteiger charge is -2.22. The van der Waals surface area contributed by atoms with Crippen LogP contribution in [0.5, 0.6) is 11.5 Å². The third-order valence-corrected chi connectivity index (χ3v) is 11.5. The SMILES string of the molecule is CCCC(C)c1cccc2c1C[C@H]1C=Nc3cc(OCCCC(=O)Nc4cc(C(=O)Nc5ccc6sc(I)cc6c5)n(C)c4)c(OC)cc3C(=O)N21. The molecule has 3 amide bonds. The van der Waals surface area contributed by atoms with E-state index in [0.29, 0.717) is 52.2 Å². The van der Waals surface area contributed by atoms with Gasteiger partial charge in [-0.05, 0) is 100 Å². The number of aromatic nitrogens is 1. The number of methoxy groups -OCH3 is 1. The maximum Gasteiger partial charge on any atom is 0.272 e. The number of amides is 3. The molecule has 0 aliphatic carbocycles. The highest BCUT2D eigenvalue weighted by Gasteiger charge is 2.38. The van der Waals surface area contributed by atoms with E-state index in [0.717, 1.165) is 35.0 Å². The summed E-state index contributed by atoms with van der Waals surface area (Å²) in [7, 11) is 3.31. The van der Waals surface area contributed by atoms with Gasteiger partial charge in [0.15, 0.2) is 11.5 Å². The van der Waals surface area contributed by atoms with Crippen molar-refractivity contribution in [3.63, 3.8) is 0 Å². The standard InChI is InChI=1S/C40H40IN5O5S/c1-5-8-23(2)28-9-6-10-32-29(28)18-27-21-42-31-20-35(34(50-4)19-30(31)40(49)46(27)32)51-14-7-11-38(47)43-26-17-33(45(3)22-26)39(48)44-25-12-13-36-24(15-25)16-37(41)52-36/h6,9-10,12-13,15-17,19-23,27H,5,7-8,11,14,18H2,1-4H3,(H,43,47)(H,44,48)/t23?,27-/m0/s1. The first-order valence-electron chi connectivity index (χ1n) is 17.4. The topological polar surface area (TPSA) is 114 Å². The molecule has 2 aliphatic heterocycles. The van der Waals surface area contributed by atoms with Crippen LogP contribution in [0.2, 0.25) is 0 Å². The molecular weight excluding hydrogens is 789 g/mol. The molecule has 2 aromatic heterocycles. The Hall–Kier alpha value is -4.69. The van der Waals surface area contributed by atoms with E-state index in [1.807, 2.05) is 41.4 Å². The molecule has 1 unspecified atom stereocenters. The van der Waals surface area contributed by atoms with Gasteiger partial charge >= 0.3 is 0 Å². The summed E-state index contributed by atoms with van der Waals surface area (Å²) in [6, 6.07) is 19.1. The minimum absolute atomic E-state index is 0.116. The average molecular weight is 830 g/mol. The fourth-order valence-corrected chi connectivity index (χ4v) is 8.94. The molecule has 0 saturated carbocycles. The number of hydrogen-bond acceptors (Lipinski definition) is 7. The lowest BCUT2D eigenvalue weighted by atomic mass is 9.90. The number of benzene rings is 3. The van der Waals surface area contributed by atoms with Crippen LogP contribution in [0.3, 0.4) is 0 Å². The van der Waals surface area contributed by atoms with E-state index in [2.05, 4.69) is 59.2 Å². The lowest BCUT2D eigenvalue weighted by Crippen LogP contribution is -2.37. The number of aryl methyl sites for hydroxylation is 1. The van der Waals surface area contributed by atoms with Gasteiger partial charge in [-0.3, -0.25) is 24.3 Å². The fourth-order valence-electron chi connectivity index (χ4n) is 7.13. The summed E-state index contributed by atoms with van der Waals surface area (Å²) >= 11 is 3.99. The molecule has 7 rings (SSSR count). The van der Waals surface area contributed by atoms with Gasteiger partial charge in [-0.2, -0.15) is 0 Å². The summed E-state index contributed by atoms with van der Waals surface area (Å²) < 4.78 is 15.7.